The number of methoxy groups -OCH3 is 3. The van der Waals surface area contributed by atoms with Gasteiger partial charge in [-0.15, -0.1) is 11.3 Å². The number of Topliss-reactive ketones (excluding diaryl/α,β-unsaturated/α-hetero) is 1. The number of allylic oxidation sites excluding steroid dienone is 2. The first-order valence-corrected chi connectivity index (χ1v) is 13.2. The lowest BCUT2D eigenvalue weighted by Crippen LogP contribution is -2.46. The van der Waals surface area contributed by atoms with Gasteiger partial charge in [0.15, 0.2) is 5.78 Å². The topological polar surface area (TPSA) is 108 Å². The number of esters is 2. The fourth-order valence-electron chi connectivity index (χ4n) is 5.51. The number of anilines is 1. The van der Waals surface area contributed by atoms with Crippen LogP contribution in [0.2, 0.25) is 0 Å². The minimum atomic E-state index is -1.11. The third-order valence-corrected chi connectivity index (χ3v) is 8.22. The molecular weight excluding hydrogens is 516 g/mol. The second-order valence-electron chi connectivity index (χ2n) is 9.22. The summed E-state index contributed by atoms with van der Waals surface area (Å²) < 4.78 is 15.6. The van der Waals surface area contributed by atoms with E-state index in [1.54, 1.807) is 24.1 Å². The molecule has 3 aromatic rings. The van der Waals surface area contributed by atoms with Crippen molar-refractivity contribution in [2.75, 3.05) is 26.2 Å². The summed E-state index contributed by atoms with van der Waals surface area (Å²) in [6.45, 7) is 0. The molecule has 2 aromatic carbocycles. The highest BCUT2D eigenvalue weighted by atomic mass is 32.1. The van der Waals surface area contributed by atoms with E-state index in [2.05, 4.69) is 0 Å². The van der Waals surface area contributed by atoms with Gasteiger partial charge < -0.3 is 19.9 Å². The van der Waals surface area contributed by atoms with Crippen molar-refractivity contribution in [3.05, 3.63) is 105 Å². The molecule has 2 N–H and O–H groups in total. The molecule has 2 heterocycles. The summed E-state index contributed by atoms with van der Waals surface area (Å²) in [5.74, 6) is -3.27. The van der Waals surface area contributed by atoms with Gasteiger partial charge in [0.1, 0.15) is 17.5 Å². The minimum Gasteiger partial charge on any atom is -0.497 e. The predicted octanol–water partition coefficient (Wildman–Crippen LogP) is 4.50. The maximum absolute atomic E-state index is 14.5. The number of carbonyl (C=O) groups excluding carboxylic acids is 3. The summed E-state index contributed by atoms with van der Waals surface area (Å²) >= 11 is 1.40. The number of hydrogen-bond acceptors (Lipinski definition) is 9. The molecule has 0 amide bonds. The Morgan fingerprint density at radius 2 is 1.67 bits per heavy atom. The second-order valence-corrected chi connectivity index (χ2v) is 10.2. The van der Waals surface area contributed by atoms with Crippen LogP contribution < -0.4 is 15.4 Å². The lowest BCUT2D eigenvalue weighted by Gasteiger charge is -2.43. The van der Waals surface area contributed by atoms with Crippen LogP contribution in [0.3, 0.4) is 0 Å². The van der Waals surface area contributed by atoms with Gasteiger partial charge in [0.25, 0.3) is 0 Å². The molecule has 1 aliphatic heterocycles. The number of rotatable bonds is 6. The second kappa shape index (κ2) is 10.8. The fourth-order valence-corrected chi connectivity index (χ4v) is 6.35. The van der Waals surface area contributed by atoms with Gasteiger partial charge in [0.2, 0.25) is 0 Å². The lowest BCUT2D eigenvalue weighted by molar-refractivity contribution is -0.150. The molecule has 0 saturated carbocycles. The Kier molecular flexibility index (Phi) is 7.26. The molecule has 0 fully saturated rings. The van der Waals surface area contributed by atoms with Gasteiger partial charge in [0, 0.05) is 27.8 Å². The number of ether oxygens (including phenoxy) is 3. The van der Waals surface area contributed by atoms with Crippen LogP contribution in [0.25, 0.3) is 0 Å². The number of nitrogens with zero attached hydrogens (tertiary/aromatic N) is 1. The Balaban J connectivity index is 1.78. The van der Waals surface area contributed by atoms with E-state index in [9.17, 15) is 14.4 Å². The molecule has 0 spiro atoms. The van der Waals surface area contributed by atoms with Crippen LogP contribution in [0, 0.1) is 5.92 Å². The summed E-state index contributed by atoms with van der Waals surface area (Å²) in [7, 11) is 4.13. The quantitative estimate of drug-likeness (QED) is 0.357. The Bertz CT molecular complexity index is 1460. The molecule has 0 bridgehead atoms. The van der Waals surface area contributed by atoms with Crippen molar-refractivity contribution in [1.29, 1.82) is 0 Å². The summed E-state index contributed by atoms with van der Waals surface area (Å²) in [4.78, 5) is 43.4. The number of ketones is 1. The highest BCUT2D eigenvalue weighted by molar-refractivity contribution is 7.10. The van der Waals surface area contributed by atoms with Crippen molar-refractivity contribution in [3.8, 4) is 5.75 Å². The molecule has 8 nitrogen and oxygen atoms in total. The maximum Gasteiger partial charge on any atom is 0.338 e. The molecule has 2 aliphatic rings. The molecule has 1 aliphatic carbocycles. The predicted molar refractivity (Wildman–Crippen MR) is 147 cm³/mol. The molecule has 200 valence electrons. The minimum absolute atomic E-state index is 0.155. The van der Waals surface area contributed by atoms with E-state index in [1.165, 1.54) is 25.6 Å². The van der Waals surface area contributed by atoms with Crippen LogP contribution in [-0.4, -0.2) is 39.1 Å². The lowest BCUT2D eigenvalue weighted by atomic mass is 9.68. The van der Waals surface area contributed by atoms with Crippen LogP contribution in [0.1, 0.15) is 28.7 Å². The van der Waals surface area contributed by atoms with Gasteiger partial charge in [-0.3, -0.25) is 14.5 Å². The molecule has 5 rings (SSSR count). The van der Waals surface area contributed by atoms with Crippen molar-refractivity contribution < 1.29 is 28.6 Å². The van der Waals surface area contributed by atoms with E-state index >= 15 is 0 Å². The SMILES string of the molecule is COC(=O)C1=C(N)N(c2ccccc2)C2=C(C(=O)[C@H](C(=O)OC)[C@H](c3ccc(OC)cc3)C2)[C@@H]1c1cccs1. The van der Waals surface area contributed by atoms with Gasteiger partial charge in [-0.05, 0) is 47.7 Å². The van der Waals surface area contributed by atoms with E-state index in [4.69, 9.17) is 19.9 Å². The number of benzene rings is 2. The molecule has 1 aromatic heterocycles. The summed E-state index contributed by atoms with van der Waals surface area (Å²) in [5.41, 5.74) is 9.38. The first-order chi connectivity index (χ1) is 18.9. The van der Waals surface area contributed by atoms with Gasteiger partial charge in [0.05, 0.1) is 32.8 Å². The van der Waals surface area contributed by atoms with Crippen LogP contribution in [0.15, 0.2) is 94.8 Å². The van der Waals surface area contributed by atoms with Crippen LogP contribution >= 0.6 is 11.3 Å². The molecule has 9 heteroatoms. The molecule has 39 heavy (non-hydrogen) atoms. The van der Waals surface area contributed by atoms with E-state index in [-0.39, 0.29) is 11.4 Å². The number of carbonyl (C=O) groups is 3. The average Bonchev–Trinajstić information content (AvgIpc) is 3.51. The Labute approximate surface area is 230 Å². The maximum atomic E-state index is 14.5. The number of para-hydroxylation sites is 1. The number of hydrogen-bond donors (Lipinski definition) is 1. The fraction of sp³-hybridized carbons (Fsp3) is 0.233. The summed E-state index contributed by atoms with van der Waals surface area (Å²) in [6.07, 6.45) is 0.305. The largest absolute Gasteiger partial charge is 0.497 e. The third kappa shape index (κ3) is 4.48. The van der Waals surface area contributed by atoms with Gasteiger partial charge in [-0.1, -0.05) is 36.4 Å². The van der Waals surface area contributed by atoms with E-state index in [1.807, 2.05) is 60.0 Å². The first-order valence-electron chi connectivity index (χ1n) is 12.4. The average molecular weight is 545 g/mol. The van der Waals surface area contributed by atoms with Gasteiger partial charge >= 0.3 is 11.9 Å². The van der Waals surface area contributed by atoms with Crippen molar-refractivity contribution in [2.24, 2.45) is 11.7 Å². The third-order valence-electron chi connectivity index (χ3n) is 7.29. The Morgan fingerprint density at radius 1 is 0.949 bits per heavy atom. The Hall–Kier alpha value is -4.37. The van der Waals surface area contributed by atoms with Crippen molar-refractivity contribution in [3.63, 3.8) is 0 Å². The molecule has 0 saturated heterocycles. The van der Waals surface area contributed by atoms with Crippen molar-refractivity contribution >= 4 is 34.7 Å². The molecule has 3 atom stereocenters. The van der Waals surface area contributed by atoms with E-state index in [0.29, 0.717) is 29.1 Å². The zero-order valence-corrected chi connectivity index (χ0v) is 22.6. The van der Waals surface area contributed by atoms with Crippen molar-refractivity contribution in [2.45, 2.75) is 18.3 Å². The van der Waals surface area contributed by atoms with Crippen molar-refractivity contribution in [1.82, 2.24) is 0 Å². The summed E-state index contributed by atoms with van der Waals surface area (Å²) in [6, 6.07) is 20.3. The van der Waals surface area contributed by atoms with Gasteiger partial charge in [-0.2, -0.15) is 0 Å². The Morgan fingerprint density at radius 3 is 2.26 bits per heavy atom. The highest BCUT2D eigenvalue weighted by Crippen LogP contribution is 2.52. The molecule has 0 radical (unpaired) electrons. The van der Waals surface area contributed by atoms with E-state index in [0.717, 1.165) is 10.4 Å². The van der Waals surface area contributed by atoms with Crippen LogP contribution in [0.4, 0.5) is 5.69 Å². The summed E-state index contributed by atoms with van der Waals surface area (Å²) in [5, 5.41) is 1.87. The zero-order valence-electron chi connectivity index (χ0n) is 21.7. The smallest absolute Gasteiger partial charge is 0.338 e. The van der Waals surface area contributed by atoms with E-state index < -0.39 is 35.5 Å². The molecule has 0 unspecified atom stereocenters. The normalized spacial score (nSPS) is 20.9. The first kappa shape index (κ1) is 26.2. The highest BCUT2D eigenvalue weighted by Gasteiger charge is 2.51. The standard InChI is InChI=1S/C30H28N2O6S/c1-36-19-13-11-17(12-14-19)20-16-21-24(27(33)23(20)29(34)37-2)25(22-10-7-15-39-22)26(30(35)38-3)28(31)32(21)18-8-5-4-6-9-18/h4-15,20,23,25H,16,31H2,1-3H3/t20-,23+,25-/m0/s1. The van der Waals surface area contributed by atoms with Crippen LogP contribution in [0.5, 0.6) is 5.75 Å². The van der Waals surface area contributed by atoms with Gasteiger partial charge in [-0.25, -0.2) is 4.79 Å². The number of nitrogens with two attached hydrogens (primary N) is 1. The zero-order chi connectivity index (χ0) is 27.7. The van der Waals surface area contributed by atoms with Crippen LogP contribution in [-0.2, 0) is 23.9 Å². The molecular formula is C30H28N2O6S. The monoisotopic (exact) mass is 544 g/mol. The number of thiophene rings is 1.